The van der Waals surface area contributed by atoms with E-state index in [1.165, 1.54) is 16.4 Å². The van der Waals surface area contributed by atoms with Crippen molar-refractivity contribution in [1.82, 2.24) is 35.5 Å². The fraction of sp³-hybridized carbons (Fsp3) is 0.214. The molecule has 0 bridgehead atoms. The van der Waals surface area contributed by atoms with Crippen LogP contribution in [-0.2, 0) is 4.79 Å². The Balaban J connectivity index is 1.33. The Hall–Kier alpha value is -4.86. The first-order valence-electron chi connectivity index (χ1n) is 12.5. The van der Waals surface area contributed by atoms with Crippen molar-refractivity contribution >= 4 is 22.6 Å². The van der Waals surface area contributed by atoms with Gasteiger partial charge in [-0.05, 0) is 64.4 Å². The zero-order valence-corrected chi connectivity index (χ0v) is 20.7. The Bertz CT molecular complexity index is 1530. The molecule has 5 rings (SSSR count). The van der Waals surface area contributed by atoms with Crippen molar-refractivity contribution in [2.75, 3.05) is 0 Å². The average molecular weight is 509 g/mol. The predicted octanol–water partition coefficient (Wildman–Crippen LogP) is 4.11. The van der Waals surface area contributed by atoms with Crippen LogP contribution >= 0.6 is 0 Å². The lowest BCUT2D eigenvalue weighted by Gasteiger charge is -2.17. The first-order chi connectivity index (χ1) is 18.6. The number of fused-ring (bicyclic) bond motifs is 1. The molecule has 10 heteroatoms. The molecule has 0 aliphatic carbocycles. The summed E-state index contributed by atoms with van der Waals surface area (Å²) in [6.07, 6.45) is 6.67. The SMILES string of the molecule is NC(=O)CCCCC[C@H](NC(=O)c1ccc(-n2cnnn2)cc1)c1ncc(-c2ccc3ccccc3c2)[nH]1. The highest BCUT2D eigenvalue weighted by Crippen LogP contribution is 2.26. The normalized spacial score (nSPS) is 11.9. The third-order valence-corrected chi connectivity index (χ3v) is 6.45. The predicted molar refractivity (Wildman–Crippen MR) is 143 cm³/mol. The number of nitrogens with one attached hydrogen (secondary N) is 2. The summed E-state index contributed by atoms with van der Waals surface area (Å²) < 4.78 is 1.52. The first kappa shape index (κ1) is 24.8. The largest absolute Gasteiger partial charge is 0.370 e. The molecular weight excluding hydrogens is 480 g/mol. The average Bonchev–Trinajstić information content (AvgIpc) is 3.65. The van der Waals surface area contributed by atoms with Crippen molar-refractivity contribution in [3.05, 3.63) is 90.6 Å². The topological polar surface area (TPSA) is 144 Å². The number of H-pyrrole nitrogens is 1. The highest BCUT2D eigenvalue weighted by Gasteiger charge is 2.19. The molecule has 2 amide bonds. The van der Waals surface area contributed by atoms with Crippen LogP contribution in [0.25, 0.3) is 27.7 Å². The molecule has 5 aromatic rings. The van der Waals surface area contributed by atoms with Crippen LogP contribution in [0, 0.1) is 0 Å². The molecule has 0 saturated carbocycles. The Morgan fingerprint density at radius 3 is 2.55 bits per heavy atom. The maximum atomic E-state index is 13.2. The van der Waals surface area contributed by atoms with Gasteiger partial charge in [0.2, 0.25) is 5.91 Å². The fourth-order valence-corrected chi connectivity index (χ4v) is 4.41. The van der Waals surface area contributed by atoms with Crippen LogP contribution < -0.4 is 11.1 Å². The van der Waals surface area contributed by atoms with E-state index in [-0.39, 0.29) is 17.9 Å². The number of unbranched alkanes of at least 4 members (excludes halogenated alkanes) is 2. The second-order valence-electron chi connectivity index (χ2n) is 9.14. The third-order valence-electron chi connectivity index (χ3n) is 6.45. The van der Waals surface area contributed by atoms with Gasteiger partial charge in [-0.2, -0.15) is 0 Å². The Morgan fingerprint density at radius 2 is 1.79 bits per heavy atom. The van der Waals surface area contributed by atoms with E-state index < -0.39 is 0 Å². The molecule has 0 radical (unpaired) electrons. The highest BCUT2D eigenvalue weighted by atomic mass is 16.2. The van der Waals surface area contributed by atoms with E-state index in [4.69, 9.17) is 5.73 Å². The Morgan fingerprint density at radius 1 is 0.974 bits per heavy atom. The molecular formula is C28H28N8O2. The van der Waals surface area contributed by atoms with E-state index >= 15 is 0 Å². The second kappa shape index (κ2) is 11.5. The van der Waals surface area contributed by atoms with E-state index in [2.05, 4.69) is 61.1 Å². The maximum absolute atomic E-state index is 13.2. The van der Waals surface area contributed by atoms with Gasteiger partial charge in [-0.15, -0.1) is 5.10 Å². The molecule has 38 heavy (non-hydrogen) atoms. The number of amides is 2. The van der Waals surface area contributed by atoms with Gasteiger partial charge < -0.3 is 16.0 Å². The van der Waals surface area contributed by atoms with Crippen molar-refractivity contribution in [3.8, 4) is 16.9 Å². The smallest absolute Gasteiger partial charge is 0.251 e. The van der Waals surface area contributed by atoms with Crippen molar-refractivity contribution in [2.45, 2.75) is 38.1 Å². The molecule has 0 unspecified atom stereocenters. The van der Waals surface area contributed by atoms with E-state index in [1.54, 1.807) is 30.5 Å². The fourth-order valence-electron chi connectivity index (χ4n) is 4.41. The summed E-state index contributed by atoms with van der Waals surface area (Å²) in [4.78, 5) is 32.3. The number of benzene rings is 3. The molecule has 192 valence electrons. The lowest BCUT2D eigenvalue weighted by atomic mass is 10.0. The van der Waals surface area contributed by atoms with Gasteiger partial charge in [0.25, 0.3) is 5.91 Å². The van der Waals surface area contributed by atoms with Crippen LogP contribution in [-0.4, -0.2) is 42.0 Å². The number of hydrogen-bond acceptors (Lipinski definition) is 6. The molecule has 2 heterocycles. The van der Waals surface area contributed by atoms with Crippen LogP contribution in [0.1, 0.15) is 54.3 Å². The molecule has 0 fully saturated rings. The molecule has 0 saturated heterocycles. The molecule has 2 aromatic heterocycles. The Kier molecular flexibility index (Phi) is 7.49. The first-order valence-corrected chi connectivity index (χ1v) is 12.5. The van der Waals surface area contributed by atoms with E-state index in [1.807, 2.05) is 12.1 Å². The summed E-state index contributed by atoms with van der Waals surface area (Å²) in [6.45, 7) is 0. The molecule has 0 aliphatic rings. The van der Waals surface area contributed by atoms with Gasteiger partial charge in [0, 0.05) is 17.5 Å². The van der Waals surface area contributed by atoms with E-state index in [0.717, 1.165) is 41.6 Å². The standard InChI is InChI=1S/C28H28N8O2/c29-26(37)9-3-1-2-8-24(33-28(38)20-12-14-23(15-13-20)36-18-31-34-35-36)27-30-17-25(32-27)22-11-10-19-6-4-5-7-21(19)16-22/h4-7,10-18,24H,1-3,8-9H2,(H2,29,37)(H,30,32)(H,33,38)/t24-/m0/s1. The number of aromatic nitrogens is 6. The number of tetrazole rings is 1. The van der Waals surface area contributed by atoms with E-state index in [9.17, 15) is 9.59 Å². The molecule has 10 nitrogen and oxygen atoms in total. The number of nitrogens with two attached hydrogens (primary N) is 1. The summed E-state index contributed by atoms with van der Waals surface area (Å²) >= 11 is 0. The monoisotopic (exact) mass is 508 g/mol. The van der Waals surface area contributed by atoms with Gasteiger partial charge in [0.1, 0.15) is 12.2 Å². The third kappa shape index (κ3) is 5.92. The van der Waals surface area contributed by atoms with Gasteiger partial charge in [0.05, 0.1) is 23.6 Å². The highest BCUT2D eigenvalue weighted by molar-refractivity contribution is 5.94. The second-order valence-corrected chi connectivity index (χ2v) is 9.14. The summed E-state index contributed by atoms with van der Waals surface area (Å²) in [5.41, 5.74) is 8.44. The van der Waals surface area contributed by atoms with Crippen molar-refractivity contribution in [3.63, 3.8) is 0 Å². The van der Waals surface area contributed by atoms with Crippen molar-refractivity contribution in [1.29, 1.82) is 0 Å². The zero-order valence-electron chi connectivity index (χ0n) is 20.7. The minimum absolute atomic E-state index is 0.209. The van der Waals surface area contributed by atoms with Crippen LogP contribution in [0.2, 0.25) is 0 Å². The minimum Gasteiger partial charge on any atom is -0.370 e. The van der Waals surface area contributed by atoms with Crippen LogP contribution in [0.3, 0.4) is 0 Å². The Labute approximate surface area is 219 Å². The van der Waals surface area contributed by atoms with Crippen LogP contribution in [0.4, 0.5) is 0 Å². The number of nitrogens with zero attached hydrogens (tertiary/aromatic N) is 5. The summed E-state index contributed by atoms with van der Waals surface area (Å²) in [5, 5.41) is 16.6. The van der Waals surface area contributed by atoms with E-state index in [0.29, 0.717) is 24.2 Å². The van der Waals surface area contributed by atoms with Crippen LogP contribution in [0.5, 0.6) is 0 Å². The van der Waals surface area contributed by atoms with Gasteiger partial charge >= 0.3 is 0 Å². The number of carbonyl (C=O) groups excluding carboxylic acids is 2. The van der Waals surface area contributed by atoms with Crippen LogP contribution in [0.15, 0.2) is 79.3 Å². The maximum Gasteiger partial charge on any atom is 0.251 e. The number of rotatable bonds is 11. The number of aromatic amines is 1. The number of hydrogen-bond donors (Lipinski definition) is 3. The zero-order chi connectivity index (χ0) is 26.3. The number of primary amides is 1. The summed E-state index contributed by atoms with van der Waals surface area (Å²) in [7, 11) is 0. The molecule has 1 atom stereocenters. The lowest BCUT2D eigenvalue weighted by Crippen LogP contribution is -2.29. The van der Waals surface area contributed by atoms with Crippen molar-refractivity contribution < 1.29 is 9.59 Å². The quantitative estimate of drug-likeness (QED) is 0.229. The molecule has 0 spiro atoms. The van der Waals surface area contributed by atoms with Crippen molar-refractivity contribution in [2.24, 2.45) is 5.73 Å². The van der Waals surface area contributed by atoms with Gasteiger partial charge in [0.15, 0.2) is 0 Å². The lowest BCUT2D eigenvalue weighted by molar-refractivity contribution is -0.118. The molecule has 4 N–H and O–H groups in total. The molecule has 0 aliphatic heterocycles. The summed E-state index contributed by atoms with van der Waals surface area (Å²) in [5.74, 6) is 0.173. The van der Waals surface area contributed by atoms with Gasteiger partial charge in [-0.3, -0.25) is 9.59 Å². The number of carbonyl (C=O) groups is 2. The van der Waals surface area contributed by atoms with Gasteiger partial charge in [-0.1, -0.05) is 49.2 Å². The minimum atomic E-state index is -0.329. The molecule has 3 aromatic carbocycles. The van der Waals surface area contributed by atoms with Gasteiger partial charge in [-0.25, -0.2) is 9.67 Å². The summed E-state index contributed by atoms with van der Waals surface area (Å²) in [6, 6.07) is 21.2. The number of imidazole rings is 1.